The standard InChI is InChI=1S/C9H7FN2/c10-9-7(3-1-6-12-9)8-4-2-5-11-8/h1-6,11H. The fraction of sp³-hybridized carbons (Fsp3) is 0. The van der Waals surface area contributed by atoms with Gasteiger partial charge in [-0.05, 0) is 24.3 Å². The first kappa shape index (κ1) is 7.03. The van der Waals surface area contributed by atoms with Gasteiger partial charge in [0.25, 0.3) is 0 Å². The minimum atomic E-state index is -0.444. The van der Waals surface area contributed by atoms with Crippen LogP contribution in [0.15, 0.2) is 36.7 Å². The van der Waals surface area contributed by atoms with Gasteiger partial charge in [0.05, 0.1) is 5.56 Å². The molecule has 60 valence electrons. The number of rotatable bonds is 1. The Morgan fingerprint density at radius 2 is 2.17 bits per heavy atom. The van der Waals surface area contributed by atoms with Crippen molar-refractivity contribution in [1.82, 2.24) is 9.97 Å². The molecule has 3 heteroatoms. The van der Waals surface area contributed by atoms with E-state index in [2.05, 4.69) is 9.97 Å². The van der Waals surface area contributed by atoms with Crippen LogP contribution in [-0.4, -0.2) is 9.97 Å². The number of aromatic amines is 1. The molecule has 0 radical (unpaired) electrons. The van der Waals surface area contributed by atoms with Crippen LogP contribution >= 0.6 is 0 Å². The van der Waals surface area contributed by atoms with Gasteiger partial charge >= 0.3 is 0 Å². The lowest BCUT2D eigenvalue weighted by molar-refractivity contribution is 0.587. The van der Waals surface area contributed by atoms with E-state index in [-0.39, 0.29) is 0 Å². The van der Waals surface area contributed by atoms with Crippen LogP contribution < -0.4 is 0 Å². The number of nitrogens with one attached hydrogen (secondary N) is 1. The fourth-order valence-corrected chi connectivity index (χ4v) is 1.08. The summed E-state index contributed by atoms with van der Waals surface area (Å²) >= 11 is 0. The Kier molecular flexibility index (Phi) is 1.63. The lowest BCUT2D eigenvalue weighted by Gasteiger charge is -1.96. The Balaban J connectivity index is 2.55. The molecule has 0 unspecified atom stereocenters. The highest BCUT2D eigenvalue weighted by Crippen LogP contribution is 2.17. The molecule has 0 aliphatic carbocycles. The van der Waals surface area contributed by atoms with Gasteiger partial charge in [0.2, 0.25) is 5.95 Å². The van der Waals surface area contributed by atoms with E-state index in [9.17, 15) is 4.39 Å². The molecule has 2 aromatic rings. The molecule has 2 aromatic heterocycles. The molecule has 0 amide bonds. The average molecular weight is 162 g/mol. The second-order valence-electron chi connectivity index (χ2n) is 2.43. The van der Waals surface area contributed by atoms with Gasteiger partial charge in [0.1, 0.15) is 0 Å². The van der Waals surface area contributed by atoms with Gasteiger partial charge in [0.15, 0.2) is 0 Å². The van der Waals surface area contributed by atoms with E-state index in [4.69, 9.17) is 0 Å². The van der Waals surface area contributed by atoms with Gasteiger partial charge < -0.3 is 4.98 Å². The van der Waals surface area contributed by atoms with Crippen molar-refractivity contribution in [1.29, 1.82) is 0 Å². The summed E-state index contributed by atoms with van der Waals surface area (Å²) in [5.74, 6) is -0.444. The minimum Gasteiger partial charge on any atom is -0.361 e. The lowest BCUT2D eigenvalue weighted by Crippen LogP contribution is -1.86. The first-order valence-corrected chi connectivity index (χ1v) is 3.62. The van der Waals surface area contributed by atoms with Gasteiger partial charge in [-0.15, -0.1) is 0 Å². The molecule has 1 N–H and O–H groups in total. The van der Waals surface area contributed by atoms with E-state index in [1.54, 1.807) is 24.4 Å². The van der Waals surface area contributed by atoms with Gasteiger partial charge in [-0.1, -0.05) is 0 Å². The number of pyridine rings is 1. The topological polar surface area (TPSA) is 28.7 Å². The van der Waals surface area contributed by atoms with E-state index in [0.717, 1.165) is 5.69 Å². The fourth-order valence-electron chi connectivity index (χ4n) is 1.08. The van der Waals surface area contributed by atoms with E-state index in [1.807, 2.05) is 6.07 Å². The van der Waals surface area contributed by atoms with Gasteiger partial charge in [0, 0.05) is 18.1 Å². The van der Waals surface area contributed by atoms with Crippen LogP contribution in [0, 0.1) is 5.95 Å². The van der Waals surface area contributed by atoms with Crippen LogP contribution in [0.1, 0.15) is 0 Å². The molecule has 2 heterocycles. The van der Waals surface area contributed by atoms with Gasteiger partial charge in [-0.3, -0.25) is 0 Å². The molecule has 0 fully saturated rings. The van der Waals surface area contributed by atoms with Crippen molar-refractivity contribution in [3.8, 4) is 11.3 Å². The summed E-state index contributed by atoms with van der Waals surface area (Å²) in [5, 5.41) is 0. The van der Waals surface area contributed by atoms with Gasteiger partial charge in [-0.25, -0.2) is 4.98 Å². The summed E-state index contributed by atoms with van der Waals surface area (Å²) in [7, 11) is 0. The zero-order valence-corrected chi connectivity index (χ0v) is 6.29. The summed E-state index contributed by atoms with van der Waals surface area (Å²) in [6.07, 6.45) is 3.18. The van der Waals surface area contributed by atoms with Crippen LogP contribution in [0.25, 0.3) is 11.3 Å². The molecule has 12 heavy (non-hydrogen) atoms. The number of hydrogen-bond acceptors (Lipinski definition) is 1. The number of H-pyrrole nitrogens is 1. The predicted octanol–water partition coefficient (Wildman–Crippen LogP) is 2.22. The third-order valence-electron chi connectivity index (χ3n) is 1.65. The second kappa shape index (κ2) is 2.77. The third kappa shape index (κ3) is 1.09. The first-order valence-electron chi connectivity index (χ1n) is 3.62. The van der Waals surface area contributed by atoms with Crippen molar-refractivity contribution >= 4 is 0 Å². The Labute approximate surface area is 69.1 Å². The van der Waals surface area contributed by atoms with Crippen LogP contribution in [-0.2, 0) is 0 Å². The maximum Gasteiger partial charge on any atom is 0.222 e. The van der Waals surface area contributed by atoms with Crippen LogP contribution in [0.3, 0.4) is 0 Å². The van der Waals surface area contributed by atoms with Crippen molar-refractivity contribution in [2.75, 3.05) is 0 Å². The average Bonchev–Trinajstić information content (AvgIpc) is 2.57. The maximum absolute atomic E-state index is 13.0. The van der Waals surface area contributed by atoms with Crippen molar-refractivity contribution in [2.24, 2.45) is 0 Å². The molecule has 0 saturated heterocycles. The smallest absolute Gasteiger partial charge is 0.222 e. The van der Waals surface area contributed by atoms with E-state index >= 15 is 0 Å². The monoisotopic (exact) mass is 162 g/mol. The van der Waals surface area contributed by atoms with Crippen LogP contribution in [0.5, 0.6) is 0 Å². The Hall–Kier alpha value is -1.64. The summed E-state index contributed by atoms with van der Waals surface area (Å²) in [4.78, 5) is 6.46. The Bertz CT molecular complexity index is 368. The van der Waals surface area contributed by atoms with Crippen molar-refractivity contribution in [3.05, 3.63) is 42.6 Å². The number of hydrogen-bond donors (Lipinski definition) is 1. The summed E-state index contributed by atoms with van der Waals surface area (Å²) < 4.78 is 13.0. The zero-order chi connectivity index (χ0) is 8.39. The molecular weight excluding hydrogens is 155 g/mol. The predicted molar refractivity (Wildman–Crippen MR) is 44.0 cm³/mol. The van der Waals surface area contributed by atoms with Gasteiger partial charge in [-0.2, -0.15) is 4.39 Å². The molecule has 0 aliphatic heterocycles. The van der Waals surface area contributed by atoms with E-state index < -0.39 is 5.95 Å². The Morgan fingerprint density at radius 1 is 1.25 bits per heavy atom. The van der Waals surface area contributed by atoms with E-state index in [0.29, 0.717) is 5.56 Å². The number of nitrogens with zero attached hydrogens (tertiary/aromatic N) is 1. The first-order chi connectivity index (χ1) is 5.88. The summed E-state index contributed by atoms with van der Waals surface area (Å²) in [6, 6.07) is 7.02. The van der Waals surface area contributed by atoms with Crippen LogP contribution in [0.2, 0.25) is 0 Å². The molecule has 0 spiro atoms. The minimum absolute atomic E-state index is 0.444. The molecule has 0 atom stereocenters. The largest absolute Gasteiger partial charge is 0.361 e. The SMILES string of the molecule is Fc1ncccc1-c1ccc[nH]1. The maximum atomic E-state index is 13.0. The highest BCUT2D eigenvalue weighted by Gasteiger charge is 2.03. The highest BCUT2D eigenvalue weighted by atomic mass is 19.1. The molecule has 2 rings (SSSR count). The molecule has 0 aliphatic rings. The number of halogens is 1. The normalized spacial score (nSPS) is 10.1. The molecule has 0 bridgehead atoms. The summed E-state index contributed by atoms with van der Waals surface area (Å²) in [5.41, 5.74) is 1.25. The third-order valence-corrected chi connectivity index (χ3v) is 1.65. The lowest BCUT2D eigenvalue weighted by atomic mass is 10.2. The summed E-state index contributed by atoms with van der Waals surface area (Å²) in [6.45, 7) is 0. The van der Waals surface area contributed by atoms with Crippen molar-refractivity contribution in [3.63, 3.8) is 0 Å². The second-order valence-corrected chi connectivity index (χ2v) is 2.43. The van der Waals surface area contributed by atoms with Crippen molar-refractivity contribution in [2.45, 2.75) is 0 Å². The molecular formula is C9H7FN2. The Morgan fingerprint density at radius 3 is 2.83 bits per heavy atom. The molecule has 0 saturated carbocycles. The van der Waals surface area contributed by atoms with Crippen molar-refractivity contribution < 1.29 is 4.39 Å². The zero-order valence-electron chi connectivity index (χ0n) is 6.29. The number of aromatic nitrogens is 2. The molecule has 2 nitrogen and oxygen atoms in total. The van der Waals surface area contributed by atoms with Crippen LogP contribution in [0.4, 0.5) is 4.39 Å². The van der Waals surface area contributed by atoms with E-state index in [1.165, 1.54) is 6.20 Å². The highest BCUT2D eigenvalue weighted by molar-refractivity contribution is 5.58. The quantitative estimate of drug-likeness (QED) is 0.640. The molecule has 0 aromatic carbocycles.